The fraction of sp³-hybridized carbons (Fsp3) is 0.167. The number of hydrogen-bond donors (Lipinski definition) is 2. The van der Waals surface area contributed by atoms with E-state index < -0.39 is 6.10 Å². The van der Waals surface area contributed by atoms with E-state index in [1.165, 1.54) is 0 Å². The van der Waals surface area contributed by atoms with Gasteiger partial charge in [-0.3, -0.25) is 4.98 Å². The SMILES string of the molecule is Cc1cnccc1C(O)c1cccnc1N. The van der Waals surface area contributed by atoms with Gasteiger partial charge in [-0.2, -0.15) is 0 Å². The molecule has 4 heteroatoms. The van der Waals surface area contributed by atoms with Crippen molar-refractivity contribution in [1.82, 2.24) is 9.97 Å². The van der Waals surface area contributed by atoms with Gasteiger partial charge < -0.3 is 10.8 Å². The normalized spacial score (nSPS) is 12.4. The quantitative estimate of drug-likeness (QED) is 0.795. The number of nitrogens with two attached hydrogens (primary N) is 1. The first kappa shape index (κ1) is 10.6. The van der Waals surface area contributed by atoms with Gasteiger partial charge in [0.15, 0.2) is 0 Å². The molecule has 2 rings (SSSR count). The van der Waals surface area contributed by atoms with Crippen molar-refractivity contribution in [3.8, 4) is 0 Å². The molecule has 82 valence electrons. The van der Waals surface area contributed by atoms with Gasteiger partial charge in [0.2, 0.25) is 0 Å². The van der Waals surface area contributed by atoms with Crippen molar-refractivity contribution in [2.75, 3.05) is 5.73 Å². The fourth-order valence-corrected chi connectivity index (χ4v) is 1.62. The molecule has 1 atom stereocenters. The molecule has 2 heterocycles. The first-order chi connectivity index (χ1) is 7.70. The lowest BCUT2D eigenvalue weighted by Crippen LogP contribution is -2.06. The van der Waals surface area contributed by atoms with Gasteiger partial charge in [-0.05, 0) is 30.2 Å². The van der Waals surface area contributed by atoms with Crippen molar-refractivity contribution < 1.29 is 5.11 Å². The maximum atomic E-state index is 10.2. The lowest BCUT2D eigenvalue weighted by Gasteiger charge is -2.14. The summed E-state index contributed by atoms with van der Waals surface area (Å²) in [6.07, 6.45) is 4.21. The zero-order valence-electron chi connectivity index (χ0n) is 8.96. The third-order valence-corrected chi connectivity index (χ3v) is 2.52. The summed E-state index contributed by atoms with van der Waals surface area (Å²) in [6, 6.07) is 5.31. The predicted octanol–water partition coefficient (Wildman–Crippen LogP) is 1.45. The summed E-state index contributed by atoms with van der Waals surface area (Å²) in [5, 5.41) is 10.2. The number of aliphatic hydroxyl groups is 1. The Hall–Kier alpha value is -1.94. The number of aromatic nitrogens is 2. The topological polar surface area (TPSA) is 72.0 Å². The Bertz CT molecular complexity index is 454. The fourth-order valence-electron chi connectivity index (χ4n) is 1.62. The molecule has 16 heavy (non-hydrogen) atoms. The molecule has 0 fully saturated rings. The maximum Gasteiger partial charge on any atom is 0.129 e. The molecule has 0 saturated heterocycles. The minimum atomic E-state index is -0.753. The smallest absolute Gasteiger partial charge is 0.129 e. The van der Waals surface area contributed by atoms with Crippen LogP contribution >= 0.6 is 0 Å². The summed E-state index contributed by atoms with van der Waals surface area (Å²) in [5.41, 5.74) is 8.07. The van der Waals surface area contributed by atoms with E-state index in [2.05, 4.69) is 9.97 Å². The summed E-state index contributed by atoms with van der Waals surface area (Å²) in [5.74, 6) is 0.353. The number of anilines is 1. The lowest BCUT2D eigenvalue weighted by molar-refractivity contribution is 0.220. The molecule has 0 aromatic carbocycles. The van der Waals surface area contributed by atoms with E-state index in [9.17, 15) is 5.11 Å². The van der Waals surface area contributed by atoms with Crippen LogP contribution in [0.25, 0.3) is 0 Å². The second kappa shape index (κ2) is 4.28. The summed E-state index contributed by atoms with van der Waals surface area (Å²) in [7, 11) is 0. The highest BCUT2D eigenvalue weighted by Crippen LogP contribution is 2.26. The third kappa shape index (κ3) is 1.87. The molecule has 0 saturated carbocycles. The molecular weight excluding hydrogens is 202 g/mol. The van der Waals surface area contributed by atoms with Crippen LogP contribution in [0.5, 0.6) is 0 Å². The molecule has 0 radical (unpaired) electrons. The van der Waals surface area contributed by atoms with Gasteiger partial charge in [0.25, 0.3) is 0 Å². The molecule has 0 spiro atoms. The van der Waals surface area contributed by atoms with Crippen LogP contribution < -0.4 is 5.73 Å². The van der Waals surface area contributed by atoms with Crippen molar-refractivity contribution in [1.29, 1.82) is 0 Å². The first-order valence-corrected chi connectivity index (χ1v) is 4.99. The Balaban J connectivity index is 2.44. The maximum absolute atomic E-state index is 10.2. The Morgan fingerprint density at radius 1 is 1.25 bits per heavy atom. The highest BCUT2D eigenvalue weighted by atomic mass is 16.3. The van der Waals surface area contributed by atoms with Crippen LogP contribution in [-0.2, 0) is 0 Å². The van der Waals surface area contributed by atoms with Gasteiger partial charge in [0, 0.05) is 24.2 Å². The Morgan fingerprint density at radius 2 is 2.06 bits per heavy atom. The molecular formula is C12H13N3O. The highest BCUT2D eigenvalue weighted by molar-refractivity contribution is 5.45. The van der Waals surface area contributed by atoms with E-state index in [0.29, 0.717) is 11.4 Å². The summed E-state index contributed by atoms with van der Waals surface area (Å²) < 4.78 is 0. The second-order valence-electron chi connectivity index (χ2n) is 3.61. The molecule has 2 aromatic rings. The Kier molecular flexibility index (Phi) is 2.83. The number of hydrogen-bond acceptors (Lipinski definition) is 4. The average Bonchev–Trinajstić information content (AvgIpc) is 2.29. The number of rotatable bonds is 2. The van der Waals surface area contributed by atoms with Gasteiger partial charge >= 0.3 is 0 Å². The average molecular weight is 215 g/mol. The van der Waals surface area contributed by atoms with Crippen LogP contribution in [0.15, 0.2) is 36.8 Å². The summed E-state index contributed by atoms with van der Waals surface area (Å²) in [4.78, 5) is 7.94. The predicted molar refractivity (Wildman–Crippen MR) is 61.7 cm³/mol. The van der Waals surface area contributed by atoms with Gasteiger partial charge in [-0.15, -0.1) is 0 Å². The molecule has 0 aliphatic rings. The van der Waals surface area contributed by atoms with Crippen LogP contribution in [0.3, 0.4) is 0 Å². The zero-order chi connectivity index (χ0) is 11.5. The molecule has 0 aliphatic carbocycles. The van der Waals surface area contributed by atoms with Crippen LogP contribution in [0.4, 0.5) is 5.82 Å². The number of aryl methyl sites for hydroxylation is 1. The Labute approximate surface area is 93.8 Å². The number of aliphatic hydroxyl groups excluding tert-OH is 1. The molecule has 0 amide bonds. The number of pyridine rings is 2. The van der Waals surface area contributed by atoms with Crippen molar-refractivity contribution in [3.05, 3.63) is 53.5 Å². The molecule has 1 unspecified atom stereocenters. The summed E-state index contributed by atoms with van der Waals surface area (Å²) in [6.45, 7) is 1.90. The van der Waals surface area contributed by atoms with Gasteiger partial charge in [-0.25, -0.2) is 4.98 Å². The minimum absolute atomic E-state index is 0.353. The number of nitrogen functional groups attached to an aromatic ring is 1. The van der Waals surface area contributed by atoms with Gasteiger partial charge in [-0.1, -0.05) is 6.07 Å². The third-order valence-electron chi connectivity index (χ3n) is 2.52. The van der Waals surface area contributed by atoms with Gasteiger partial charge in [0.1, 0.15) is 11.9 Å². The largest absolute Gasteiger partial charge is 0.384 e. The van der Waals surface area contributed by atoms with E-state index in [1.54, 1.807) is 36.8 Å². The molecule has 0 aliphatic heterocycles. The lowest BCUT2D eigenvalue weighted by atomic mass is 10.00. The Morgan fingerprint density at radius 3 is 2.75 bits per heavy atom. The molecule has 2 aromatic heterocycles. The van der Waals surface area contributed by atoms with Crippen LogP contribution in [-0.4, -0.2) is 15.1 Å². The minimum Gasteiger partial charge on any atom is -0.384 e. The second-order valence-corrected chi connectivity index (χ2v) is 3.61. The molecule has 4 nitrogen and oxygen atoms in total. The van der Waals surface area contributed by atoms with E-state index in [4.69, 9.17) is 5.73 Å². The van der Waals surface area contributed by atoms with E-state index in [0.717, 1.165) is 11.1 Å². The monoisotopic (exact) mass is 215 g/mol. The van der Waals surface area contributed by atoms with E-state index in [-0.39, 0.29) is 0 Å². The molecule has 3 N–H and O–H groups in total. The van der Waals surface area contributed by atoms with Crippen molar-refractivity contribution in [2.24, 2.45) is 0 Å². The van der Waals surface area contributed by atoms with Crippen molar-refractivity contribution >= 4 is 5.82 Å². The van der Waals surface area contributed by atoms with Crippen molar-refractivity contribution in [2.45, 2.75) is 13.0 Å². The van der Waals surface area contributed by atoms with E-state index >= 15 is 0 Å². The first-order valence-electron chi connectivity index (χ1n) is 4.99. The zero-order valence-corrected chi connectivity index (χ0v) is 8.96. The summed E-state index contributed by atoms with van der Waals surface area (Å²) >= 11 is 0. The van der Waals surface area contributed by atoms with Gasteiger partial charge in [0.05, 0.1) is 0 Å². The molecule has 0 bridgehead atoms. The van der Waals surface area contributed by atoms with Crippen LogP contribution in [0.2, 0.25) is 0 Å². The number of nitrogens with zero attached hydrogens (tertiary/aromatic N) is 2. The van der Waals surface area contributed by atoms with Crippen LogP contribution in [0, 0.1) is 6.92 Å². The van der Waals surface area contributed by atoms with Crippen LogP contribution in [0.1, 0.15) is 22.8 Å². The van der Waals surface area contributed by atoms with E-state index in [1.807, 2.05) is 6.92 Å². The highest BCUT2D eigenvalue weighted by Gasteiger charge is 2.15. The van der Waals surface area contributed by atoms with Crippen molar-refractivity contribution in [3.63, 3.8) is 0 Å². The standard InChI is InChI=1S/C12H13N3O/c1-8-7-14-6-4-9(8)11(16)10-3-2-5-15-12(10)13/h2-7,11,16H,1H3,(H2,13,15).